The van der Waals surface area contributed by atoms with Gasteiger partial charge in [0.1, 0.15) is 17.5 Å². The maximum atomic E-state index is 12.9. The average Bonchev–Trinajstić information content (AvgIpc) is 3.19. The number of hydrogen-bond acceptors (Lipinski definition) is 6. The molecular weight excluding hydrogens is 430 g/mol. The van der Waals surface area contributed by atoms with E-state index in [9.17, 15) is 9.90 Å². The van der Waals surface area contributed by atoms with Crippen LogP contribution in [0, 0.1) is 17.8 Å². The van der Waals surface area contributed by atoms with Gasteiger partial charge < -0.3 is 14.6 Å². The van der Waals surface area contributed by atoms with Crippen LogP contribution < -0.4 is 4.90 Å². The summed E-state index contributed by atoms with van der Waals surface area (Å²) in [5.74, 6) is 7.08. The molecule has 0 unspecified atom stereocenters. The van der Waals surface area contributed by atoms with E-state index in [4.69, 9.17) is 14.5 Å². The fourth-order valence-electron chi connectivity index (χ4n) is 5.37. The van der Waals surface area contributed by atoms with E-state index in [0.717, 1.165) is 42.8 Å². The van der Waals surface area contributed by atoms with E-state index in [2.05, 4.69) is 28.9 Å². The van der Waals surface area contributed by atoms with Crippen molar-refractivity contribution in [3.8, 4) is 11.8 Å². The number of pyridine rings is 1. The summed E-state index contributed by atoms with van der Waals surface area (Å²) in [6, 6.07) is 13.8. The molecule has 2 aromatic rings. The lowest BCUT2D eigenvalue weighted by molar-refractivity contribution is -0.129. The van der Waals surface area contributed by atoms with Gasteiger partial charge in [0, 0.05) is 38.7 Å². The molecule has 2 bridgehead atoms. The average molecular weight is 462 g/mol. The first kappa shape index (κ1) is 23.0. The zero-order chi connectivity index (χ0) is 23.7. The van der Waals surface area contributed by atoms with Crippen molar-refractivity contribution < 1.29 is 19.4 Å². The van der Waals surface area contributed by atoms with Gasteiger partial charge in [-0.05, 0) is 43.6 Å². The molecule has 4 aliphatic heterocycles. The minimum Gasteiger partial charge on any atom is -0.376 e. The monoisotopic (exact) mass is 461 g/mol. The number of carbonyl (C=O) groups is 1. The first-order chi connectivity index (χ1) is 16.5. The topological polar surface area (TPSA) is 75.1 Å². The molecule has 4 fully saturated rings. The molecule has 6 rings (SSSR count). The number of piperidine rings is 3. The fourth-order valence-corrected chi connectivity index (χ4v) is 5.37. The van der Waals surface area contributed by atoms with Gasteiger partial charge >= 0.3 is 0 Å². The Morgan fingerprint density at radius 1 is 1.12 bits per heavy atom. The second-order valence-corrected chi connectivity index (χ2v) is 9.43. The van der Waals surface area contributed by atoms with E-state index >= 15 is 0 Å². The summed E-state index contributed by atoms with van der Waals surface area (Å²) in [6.45, 7) is 3.06. The van der Waals surface area contributed by atoms with Crippen LogP contribution in [0.3, 0.4) is 0 Å². The number of benzene rings is 1. The summed E-state index contributed by atoms with van der Waals surface area (Å²) in [7, 11) is 3.10. The Labute approximate surface area is 200 Å². The van der Waals surface area contributed by atoms with Crippen LogP contribution in [-0.4, -0.2) is 79.1 Å². The normalized spacial score (nSPS) is 30.3. The molecule has 5 heterocycles. The van der Waals surface area contributed by atoms with E-state index in [0.29, 0.717) is 25.3 Å². The Morgan fingerprint density at radius 3 is 2.50 bits per heavy atom. The second-order valence-electron chi connectivity index (χ2n) is 9.43. The van der Waals surface area contributed by atoms with Crippen molar-refractivity contribution in [3.63, 3.8) is 0 Å². The molecule has 7 nitrogen and oxygen atoms in total. The van der Waals surface area contributed by atoms with Gasteiger partial charge in [0.25, 0.3) is 5.91 Å². The van der Waals surface area contributed by atoms with Gasteiger partial charge in [0.05, 0.1) is 12.2 Å². The predicted molar refractivity (Wildman–Crippen MR) is 128 cm³/mol. The molecule has 7 heteroatoms. The predicted octanol–water partition coefficient (Wildman–Crippen LogP) is 1.86. The maximum absolute atomic E-state index is 12.9. The molecular formula is C27H31N3O4. The molecule has 4 aliphatic rings. The van der Waals surface area contributed by atoms with Crippen molar-refractivity contribution in [2.45, 2.75) is 37.1 Å². The third-order valence-electron chi connectivity index (χ3n) is 7.36. The molecule has 1 amide bonds. The van der Waals surface area contributed by atoms with Crippen LogP contribution in [-0.2, 0) is 20.7 Å². The van der Waals surface area contributed by atoms with Gasteiger partial charge in [-0.2, -0.15) is 0 Å². The Balaban J connectivity index is 1.48. The smallest absolute Gasteiger partial charge is 0.260 e. The van der Waals surface area contributed by atoms with Crippen LogP contribution in [0.1, 0.15) is 29.7 Å². The van der Waals surface area contributed by atoms with E-state index in [1.807, 2.05) is 30.3 Å². The Hall–Kier alpha value is -2.76. The molecule has 0 aliphatic carbocycles. The quantitative estimate of drug-likeness (QED) is 0.686. The molecule has 34 heavy (non-hydrogen) atoms. The molecule has 1 N–H and O–H groups in total. The molecule has 0 radical (unpaired) electrons. The minimum absolute atomic E-state index is 0.159. The minimum atomic E-state index is -0.985. The number of aliphatic hydroxyl groups is 1. The highest BCUT2D eigenvalue weighted by molar-refractivity contribution is 5.99. The molecule has 178 valence electrons. The van der Waals surface area contributed by atoms with Crippen molar-refractivity contribution in [1.82, 2.24) is 9.88 Å². The summed E-state index contributed by atoms with van der Waals surface area (Å²) in [6.07, 6.45) is 1.56. The van der Waals surface area contributed by atoms with Crippen molar-refractivity contribution in [1.29, 1.82) is 0 Å². The molecule has 0 spiro atoms. The number of anilines is 1. The number of ether oxygens (including phenoxy) is 2. The first-order valence-corrected chi connectivity index (χ1v) is 11.9. The summed E-state index contributed by atoms with van der Waals surface area (Å²) < 4.78 is 10.8. The highest BCUT2D eigenvalue weighted by atomic mass is 16.5. The standard InChI is InChI=1S/C27H31N3O4/c1-33-23-17-30(26(31)25(23)34-2)24-9-8-20(22(28-24)16-19-6-4-3-5-7-19)10-13-27(32)18-29-14-11-21(27)12-15-29/h3-9,21,23,25,32H,11-12,14-18H2,1-2H3/t23-,25-,27-/m1/s1. The molecule has 1 aromatic heterocycles. The largest absolute Gasteiger partial charge is 0.376 e. The Morgan fingerprint density at radius 2 is 1.88 bits per heavy atom. The number of nitrogens with zero attached hydrogens (tertiary/aromatic N) is 3. The highest BCUT2D eigenvalue weighted by Crippen LogP contribution is 2.35. The lowest BCUT2D eigenvalue weighted by Gasteiger charge is -2.47. The third kappa shape index (κ3) is 4.35. The van der Waals surface area contributed by atoms with E-state index in [-0.39, 0.29) is 17.9 Å². The molecule has 0 saturated carbocycles. The highest BCUT2D eigenvalue weighted by Gasteiger charge is 2.44. The summed E-state index contributed by atoms with van der Waals surface area (Å²) in [5.41, 5.74) is 1.68. The van der Waals surface area contributed by atoms with Crippen LogP contribution in [0.15, 0.2) is 42.5 Å². The SMILES string of the molecule is CO[C@@H]1CN(c2ccc(C#C[C@@]3(O)CN4CCC3CC4)c(Cc3ccccc3)n2)C(=O)[C@@H]1OC. The lowest BCUT2D eigenvalue weighted by Crippen LogP contribution is -2.58. The molecule has 1 aromatic carbocycles. The van der Waals surface area contributed by atoms with Gasteiger partial charge in [0.2, 0.25) is 0 Å². The van der Waals surface area contributed by atoms with Crippen LogP contribution in [0.25, 0.3) is 0 Å². The third-order valence-corrected chi connectivity index (χ3v) is 7.36. The van der Waals surface area contributed by atoms with Crippen LogP contribution >= 0.6 is 0 Å². The van der Waals surface area contributed by atoms with E-state index < -0.39 is 11.7 Å². The van der Waals surface area contributed by atoms with Gasteiger partial charge in [-0.1, -0.05) is 42.2 Å². The zero-order valence-electron chi connectivity index (χ0n) is 19.7. The van der Waals surface area contributed by atoms with Gasteiger partial charge in [-0.3, -0.25) is 14.6 Å². The number of amides is 1. The zero-order valence-corrected chi connectivity index (χ0v) is 19.7. The molecule has 3 atom stereocenters. The summed E-state index contributed by atoms with van der Waals surface area (Å²) in [5, 5.41) is 11.3. The molecule has 4 saturated heterocycles. The number of fused-ring (bicyclic) bond motifs is 3. The summed E-state index contributed by atoms with van der Waals surface area (Å²) in [4.78, 5) is 21.7. The van der Waals surface area contributed by atoms with Crippen LogP contribution in [0.4, 0.5) is 5.82 Å². The van der Waals surface area contributed by atoms with E-state index in [1.165, 1.54) is 7.11 Å². The van der Waals surface area contributed by atoms with Crippen LogP contribution in [0.2, 0.25) is 0 Å². The fraction of sp³-hybridized carbons (Fsp3) is 0.481. The number of rotatable bonds is 5. The number of carbonyl (C=O) groups excluding carboxylic acids is 1. The van der Waals surface area contributed by atoms with Crippen LogP contribution in [0.5, 0.6) is 0 Å². The summed E-state index contributed by atoms with van der Waals surface area (Å²) >= 11 is 0. The Kier molecular flexibility index (Phi) is 6.41. The number of hydrogen-bond donors (Lipinski definition) is 1. The van der Waals surface area contributed by atoms with Gasteiger partial charge in [-0.25, -0.2) is 4.98 Å². The van der Waals surface area contributed by atoms with E-state index in [1.54, 1.807) is 12.0 Å². The van der Waals surface area contributed by atoms with Gasteiger partial charge in [-0.15, -0.1) is 0 Å². The second kappa shape index (κ2) is 9.47. The number of methoxy groups -OCH3 is 2. The van der Waals surface area contributed by atoms with Gasteiger partial charge in [0.15, 0.2) is 6.10 Å². The van der Waals surface area contributed by atoms with Crippen molar-refractivity contribution >= 4 is 11.7 Å². The number of aromatic nitrogens is 1. The van der Waals surface area contributed by atoms with Crippen molar-refractivity contribution in [2.24, 2.45) is 5.92 Å². The van der Waals surface area contributed by atoms with Crippen molar-refractivity contribution in [3.05, 3.63) is 59.3 Å². The Bertz CT molecular complexity index is 1100. The lowest BCUT2D eigenvalue weighted by atomic mass is 9.75. The first-order valence-electron chi connectivity index (χ1n) is 11.9. The maximum Gasteiger partial charge on any atom is 0.260 e. The van der Waals surface area contributed by atoms with Crippen molar-refractivity contribution in [2.75, 3.05) is 45.3 Å².